The van der Waals surface area contributed by atoms with Crippen molar-refractivity contribution in [2.75, 3.05) is 0 Å². The van der Waals surface area contributed by atoms with Crippen LogP contribution in [0.15, 0.2) is 48.5 Å². The summed E-state index contributed by atoms with van der Waals surface area (Å²) in [4.78, 5) is 29.0. The van der Waals surface area contributed by atoms with Gasteiger partial charge < -0.3 is 20.1 Å². The number of aromatic nitrogens is 1. The third kappa shape index (κ3) is 2.34. The van der Waals surface area contributed by atoms with Gasteiger partial charge in [0.2, 0.25) is 5.91 Å². The number of carbonyl (C=O) groups is 2. The van der Waals surface area contributed by atoms with E-state index in [0.717, 1.165) is 22.2 Å². The number of para-hydroxylation sites is 2. The third-order valence-electron chi connectivity index (χ3n) is 5.01. The van der Waals surface area contributed by atoms with E-state index in [1.165, 1.54) is 11.8 Å². The van der Waals surface area contributed by atoms with Crippen LogP contribution in [0, 0.1) is 0 Å². The maximum atomic E-state index is 12.4. The van der Waals surface area contributed by atoms with Gasteiger partial charge in [-0.1, -0.05) is 36.4 Å². The van der Waals surface area contributed by atoms with E-state index in [1.54, 1.807) is 24.3 Å². The standard InChI is InChI=1S/C20H18N2O4/c1-11(23)22-16(20(25)26)10-14-12-6-2-4-8-15(12)21-18(14)19(22)13-7-3-5-9-17(13)24/h2-9,16,19,21,24H,10H2,1H3,(H,25,26)/t16-,19-/m0/s1. The quantitative estimate of drug-likeness (QED) is 0.662. The smallest absolute Gasteiger partial charge is 0.326 e. The fourth-order valence-corrected chi connectivity index (χ4v) is 3.92. The molecule has 26 heavy (non-hydrogen) atoms. The molecule has 0 saturated heterocycles. The molecule has 1 aromatic heterocycles. The number of hydrogen-bond donors (Lipinski definition) is 3. The lowest BCUT2D eigenvalue weighted by Gasteiger charge is -2.40. The van der Waals surface area contributed by atoms with Crippen molar-refractivity contribution in [1.82, 2.24) is 9.88 Å². The second kappa shape index (κ2) is 5.91. The number of carboxylic acids is 1. The van der Waals surface area contributed by atoms with Crippen LogP contribution in [0.2, 0.25) is 0 Å². The van der Waals surface area contributed by atoms with Gasteiger partial charge in [-0.3, -0.25) is 4.79 Å². The zero-order valence-electron chi connectivity index (χ0n) is 14.1. The Balaban J connectivity index is 2.03. The van der Waals surface area contributed by atoms with Crippen molar-refractivity contribution in [2.45, 2.75) is 25.4 Å². The minimum Gasteiger partial charge on any atom is -0.508 e. The van der Waals surface area contributed by atoms with E-state index in [4.69, 9.17) is 0 Å². The largest absolute Gasteiger partial charge is 0.508 e. The fourth-order valence-electron chi connectivity index (χ4n) is 3.92. The molecule has 6 nitrogen and oxygen atoms in total. The number of H-pyrrole nitrogens is 1. The second-order valence-electron chi connectivity index (χ2n) is 6.51. The number of carboxylic acid groups (broad SMARTS) is 1. The van der Waals surface area contributed by atoms with E-state index >= 15 is 0 Å². The lowest BCUT2D eigenvalue weighted by atomic mass is 9.87. The summed E-state index contributed by atoms with van der Waals surface area (Å²) in [6.45, 7) is 1.36. The van der Waals surface area contributed by atoms with E-state index in [9.17, 15) is 19.8 Å². The van der Waals surface area contributed by atoms with Gasteiger partial charge in [-0.15, -0.1) is 0 Å². The summed E-state index contributed by atoms with van der Waals surface area (Å²) in [5.41, 5.74) is 3.01. The highest BCUT2D eigenvalue weighted by Gasteiger charge is 2.43. The molecule has 2 aromatic carbocycles. The van der Waals surface area contributed by atoms with E-state index in [1.807, 2.05) is 24.3 Å². The predicted molar refractivity (Wildman–Crippen MR) is 95.9 cm³/mol. The van der Waals surface area contributed by atoms with Crippen molar-refractivity contribution >= 4 is 22.8 Å². The summed E-state index contributed by atoms with van der Waals surface area (Å²) in [6.07, 6.45) is 0.221. The van der Waals surface area contributed by atoms with Gasteiger partial charge in [-0.25, -0.2) is 4.79 Å². The van der Waals surface area contributed by atoms with Gasteiger partial charge in [0, 0.05) is 35.5 Å². The van der Waals surface area contributed by atoms with Crippen molar-refractivity contribution in [3.63, 3.8) is 0 Å². The molecule has 2 atom stereocenters. The molecule has 1 amide bonds. The number of nitrogens with one attached hydrogen (secondary N) is 1. The van der Waals surface area contributed by atoms with Gasteiger partial charge in [0.05, 0.1) is 0 Å². The molecular weight excluding hydrogens is 332 g/mol. The molecule has 0 aliphatic carbocycles. The summed E-state index contributed by atoms with van der Waals surface area (Å²) in [6, 6.07) is 12.7. The molecule has 2 heterocycles. The average molecular weight is 350 g/mol. The number of phenolic OH excluding ortho intramolecular Hbond substituents is 1. The predicted octanol–water partition coefficient (Wildman–Crippen LogP) is 2.82. The number of hydrogen-bond acceptors (Lipinski definition) is 3. The summed E-state index contributed by atoms with van der Waals surface area (Å²) < 4.78 is 0. The minimum absolute atomic E-state index is 0.0272. The van der Waals surface area contributed by atoms with E-state index in [0.29, 0.717) is 5.56 Å². The summed E-state index contributed by atoms with van der Waals surface area (Å²) in [7, 11) is 0. The molecule has 0 fully saturated rings. The Morgan fingerprint density at radius 1 is 1.12 bits per heavy atom. The number of aliphatic carboxylic acids is 1. The molecular formula is C20H18N2O4. The Kier molecular flexibility index (Phi) is 3.68. The second-order valence-corrected chi connectivity index (χ2v) is 6.51. The van der Waals surface area contributed by atoms with Crippen molar-refractivity contribution in [3.05, 3.63) is 65.4 Å². The zero-order chi connectivity index (χ0) is 18.4. The Morgan fingerprint density at radius 3 is 2.50 bits per heavy atom. The first-order valence-electron chi connectivity index (χ1n) is 8.38. The topological polar surface area (TPSA) is 93.6 Å². The third-order valence-corrected chi connectivity index (χ3v) is 5.01. The monoisotopic (exact) mass is 350 g/mol. The number of rotatable bonds is 2. The molecule has 0 spiro atoms. The number of amides is 1. The minimum atomic E-state index is -1.06. The van der Waals surface area contributed by atoms with Gasteiger partial charge >= 0.3 is 5.97 Å². The molecule has 4 rings (SSSR count). The maximum Gasteiger partial charge on any atom is 0.326 e. The number of aromatic amines is 1. The first-order chi connectivity index (χ1) is 12.5. The number of carbonyl (C=O) groups excluding carboxylic acids is 1. The maximum absolute atomic E-state index is 12.4. The Bertz CT molecular complexity index is 1020. The zero-order valence-corrected chi connectivity index (χ0v) is 14.1. The van der Waals surface area contributed by atoms with Crippen LogP contribution in [0.5, 0.6) is 5.75 Å². The molecule has 3 aromatic rings. The highest BCUT2D eigenvalue weighted by molar-refractivity contribution is 5.90. The summed E-state index contributed by atoms with van der Waals surface area (Å²) in [5, 5.41) is 21.1. The Hall–Kier alpha value is -3.28. The lowest BCUT2D eigenvalue weighted by molar-refractivity contribution is -0.151. The number of aromatic hydroxyl groups is 1. The molecule has 0 bridgehead atoms. The number of fused-ring (bicyclic) bond motifs is 3. The van der Waals surface area contributed by atoms with Crippen molar-refractivity contribution < 1.29 is 19.8 Å². The molecule has 132 valence electrons. The number of nitrogens with zero attached hydrogens (tertiary/aromatic N) is 1. The van der Waals surface area contributed by atoms with Gasteiger partial charge in [0.25, 0.3) is 0 Å². The normalized spacial score (nSPS) is 19.3. The Morgan fingerprint density at radius 2 is 1.81 bits per heavy atom. The van der Waals surface area contributed by atoms with Crippen molar-refractivity contribution in [2.24, 2.45) is 0 Å². The van der Waals surface area contributed by atoms with E-state index in [-0.39, 0.29) is 18.1 Å². The fraction of sp³-hybridized carbons (Fsp3) is 0.200. The molecule has 0 saturated carbocycles. The highest BCUT2D eigenvalue weighted by atomic mass is 16.4. The van der Waals surface area contributed by atoms with Gasteiger partial charge in [-0.05, 0) is 17.7 Å². The number of phenols is 1. The lowest BCUT2D eigenvalue weighted by Crippen LogP contribution is -2.50. The van der Waals surface area contributed by atoms with Crippen LogP contribution in [0.25, 0.3) is 10.9 Å². The van der Waals surface area contributed by atoms with Gasteiger partial charge in [0.1, 0.15) is 17.8 Å². The first-order valence-corrected chi connectivity index (χ1v) is 8.38. The summed E-state index contributed by atoms with van der Waals surface area (Å²) >= 11 is 0. The van der Waals surface area contributed by atoms with E-state index < -0.39 is 18.1 Å². The molecule has 1 aliphatic rings. The van der Waals surface area contributed by atoms with Crippen LogP contribution in [0.1, 0.15) is 29.8 Å². The van der Waals surface area contributed by atoms with Crippen LogP contribution >= 0.6 is 0 Å². The Labute approximate surface area is 149 Å². The average Bonchev–Trinajstić information content (AvgIpc) is 2.99. The molecule has 6 heteroatoms. The van der Waals surface area contributed by atoms with Crippen LogP contribution in [0.4, 0.5) is 0 Å². The van der Waals surface area contributed by atoms with Crippen molar-refractivity contribution in [1.29, 1.82) is 0 Å². The molecule has 0 unspecified atom stereocenters. The highest BCUT2D eigenvalue weighted by Crippen LogP contribution is 2.43. The van der Waals surface area contributed by atoms with Crippen molar-refractivity contribution in [3.8, 4) is 5.75 Å². The van der Waals surface area contributed by atoms with Gasteiger partial charge in [0.15, 0.2) is 0 Å². The molecule has 3 N–H and O–H groups in total. The van der Waals surface area contributed by atoms with Gasteiger partial charge in [-0.2, -0.15) is 0 Å². The number of benzene rings is 2. The van der Waals surface area contributed by atoms with Crippen LogP contribution in [-0.4, -0.2) is 38.0 Å². The van der Waals surface area contributed by atoms with E-state index in [2.05, 4.69) is 4.98 Å². The summed E-state index contributed by atoms with van der Waals surface area (Å²) in [5.74, 6) is -1.38. The first kappa shape index (κ1) is 16.2. The molecule has 0 radical (unpaired) electrons. The van der Waals surface area contributed by atoms with Crippen LogP contribution < -0.4 is 0 Å². The SMILES string of the molecule is CC(=O)N1[C@@H](c2ccccc2O)c2[nH]c3ccccc3c2C[C@H]1C(=O)O. The molecule has 1 aliphatic heterocycles. The van der Waals surface area contributed by atoms with Crippen LogP contribution in [0.3, 0.4) is 0 Å². The van der Waals surface area contributed by atoms with Crippen LogP contribution in [-0.2, 0) is 16.0 Å².